The molecule has 0 aliphatic carbocycles. The van der Waals surface area contributed by atoms with E-state index >= 15 is 0 Å². The average Bonchev–Trinajstić information content (AvgIpc) is 2.02. The molecule has 0 radical (unpaired) electrons. The standard InChI is InChI=1S/C6H6F2N2O3S/c1-14(11,12)6-9-2-4(3-10-6)13-5(7)8/h2-3,5H,1H3. The van der Waals surface area contributed by atoms with Gasteiger partial charge in [0.2, 0.25) is 15.0 Å². The molecule has 14 heavy (non-hydrogen) atoms. The van der Waals surface area contributed by atoms with Crippen LogP contribution in [0.2, 0.25) is 0 Å². The van der Waals surface area contributed by atoms with Gasteiger partial charge in [0, 0.05) is 6.26 Å². The molecule has 0 unspecified atom stereocenters. The molecule has 0 fully saturated rings. The minimum atomic E-state index is -3.51. The predicted molar refractivity (Wildman–Crippen MR) is 41.8 cm³/mol. The van der Waals surface area contributed by atoms with E-state index in [0.29, 0.717) is 0 Å². The maximum atomic E-state index is 11.7. The highest BCUT2D eigenvalue weighted by atomic mass is 32.2. The molecule has 1 rings (SSSR count). The second-order valence-electron chi connectivity index (χ2n) is 2.35. The molecular weight excluding hydrogens is 218 g/mol. The molecule has 0 saturated carbocycles. The van der Waals surface area contributed by atoms with E-state index in [0.717, 1.165) is 18.6 Å². The van der Waals surface area contributed by atoms with Gasteiger partial charge >= 0.3 is 6.61 Å². The molecule has 0 bridgehead atoms. The van der Waals surface area contributed by atoms with Crippen LogP contribution in [-0.2, 0) is 9.84 Å². The largest absolute Gasteiger partial charge is 0.432 e. The first-order chi connectivity index (χ1) is 6.39. The van der Waals surface area contributed by atoms with Crippen LogP contribution in [0.25, 0.3) is 0 Å². The summed E-state index contributed by atoms with van der Waals surface area (Å²) in [7, 11) is -3.51. The van der Waals surface area contributed by atoms with Crippen LogP contribution in [0, 0.1) is 0 Å². The Hall–Kier alpha value is -1.31. The first kappa shape index (κ1) is 10.8. The molecule has 1 aromatic heterocycles. The highest BCUT2D eigenvalue weighted by Gasteiger charge is 2.11. The van der Waals surface area contributed by atoms with Crippen LogP contribution < -0.4 is 4.74 Å². The second kappa shape index (κ2) is 3.82. The SMILES string of the molecule is CS(=O)(=O)c1ncc(OC(F)F)cn1. The molecular formula is C6H6F2N2O3S. The maximum absolute atomic E-state index is 11.7. The van der Waals surface area contributed by atoms with Gasteiger partial charge in [-0.25, -0.2) is 18.4 Å². The summed E-state index contributed by atoms with van der Waals surface area (Å²) in [5.74, 6) is -0.285. The van der Waals surface area contributed by atoms with Crippen LogP contribution in [0.3, 0.4) is 0 Å². The van der Waals surface area contributed by atoms with Crippen molar-refractivity contribution in [3.63, 3.8) is 0 Å². The van der Waals surface area contributed by atoms with E-state index in [4.69, 9.17) is 0 Å². The minimum Gasteiger partial charge on any atom is -0.432 e. The zero-order chi connectivity index (χ0) is 10.8. The van der Waals surface area contributed by atoms with E-state index in [1.54, 1.807) is 0 Å². The highest BCUT2D eigenvalue weighted by Crippen LogP contribution is 2.11. The Morgan fingerprint density at radius 1 is 1.36 bits per heavy atom. The number of halogens is 2. The summed E-state index contributed by atoms with van der Waals surface area (Å²) in [6, 6.07) is 0. The number of aromatic nitrogens is 2. The van der Waals surface area contributed by atoms with Crippen molar-refractivity contribution in [1.29, 1.82) is 0 Å². The first-order valence-corrected chi connectivity index (χ1v) is 5.25. The van der Waals surface area contributed by atoms with Crippen LogP contribution in [0.5, 0.6) is 5.75 Å². The molecule has 0 amide bonds. The maximum Gasteiger partial charge on any atom is 0.387 e. The van der Waals surface area contributed by atoms with Gasteiger partial charge in [0.05, 0.1) is 12.4 Å². The van der Waals surface area contributed by atoms with Gasteiger partial charge in [-0.2, -0.15) is 8.78 Å². The Morgan fingerprint density at radius 3 is 2.21 bits per heavy atom. The number of hydrogen-bond acceptors (Lipinski definition) is 5. The molecule has 0 N–H and O–H groups in total. The summed E-state index contributed by atoms with van der Waals surface area (Å²) in [6.45, 7) is -2.98. The summed E-state index contributed by atoms with van der Waals surface area (Å²) in [5, 5.41) is -0.431. The fourth-order valence-electron chi connectivity index (χ4n) is 0.660. The smallest absolute Gasteiger partial charge is 0.387 e. The van der Waals surface area contributed by atoms with E-state index < -0.39 is 21.6 Å². The summed E-state index contributed by atoms with van der Waals surface area (Å²) in [5.41, 5.74) is 0. The summed E-state index contributed by atoms with van der Waals surface area (Å²) in [6.07, 6.45) is 2.65. The molecule has 0 aliphatic heterocycles. The average molecular weight is 224 g/mol. The molecule has 0 aliphatic rings. The van der Waals surface area contributed by atoms with Crippen molar-refractivity contribution < 1.29 is 21.9 Å². The Labute approximate surface area is 78.7 Å². The number of rotatable bonds is 3. The minimum absolute atomic E-state index is 0.285. The van der Waals surface area contributed by atoms with Gasteiger partial charge < -0.3 is 4.74 Å². The Morgan fingerprint density at radius 2 is 1.86 bits per heavy atom. The normalized spacial score (nSPS) is 11.7. The number of hydrogen-bond donors (Lipinski definition) is 0. The first-order valence-electron chi connectivity index (χ1n) is 3.36. The van der Waals surface area contributed by atoms with Crippen molar-refractivity contribution in [2.45, 2.75) is 11.8 Å². The van der Waals surface area contributed by atoms with E-state index in [-0.39, 0.29) is 5.75 Å². The van der Waals surface area contributed by atoms with Crippen molar-refractivity contribution >= 4 is 9.84 Å². The third-order valence-corrected chi connectivity index (χ3v) is 2.04. The molecule has 78 valence electrons. The van der Waals surface area contributed by atoms with Gasteiger partial charge in [-0.1, -0.05) is 0 Å². The Kier molecular flexibility index (Phi) is 2.94. The van der Waals surface area contributed by atoms with E-state index in [1.807, 2.05) is 0 Å². The van der Waals surface area contributed by atoms with Gasteiger partial charge in [0.25, 0.3) is 0 Å². The molecule has 0 spiro atoms. The van der Waals surface area contributed by atoms with Gasteiger partial charge in [0.1, 0.15) is 0 Å². The van der Waals surface area contributed by atoms with Crippen molar-refractivity contribution in [3.05, 3.63) is 12.4 Å². The summed E-state index contributed by atoms with van der Waals surface area (Å²) >= 11 is 0. The van der Waals surface area contributed by atoms with E-state index in [9.17, 15) is 17.2 Å². The summed E-state index contributed by atoms with van der Waals surface area (Å²) in [4.78, 5) is 6.69. The predicted octanol–water partition coefficient (Wildman–Crippen LogP) is 0.481. The zero-order valence-corrected chi connectivity index (χ0v) is 7.83. The lowest BCUT2D eigenvalue weighted by atomic mass is 10.6. The molecule has 0 saturated heterocycles. The van der Waals surface area contributed by atoms with E-state index in [1.165, 1.54) is 0 Å². The van der Waals surface area contributed by atoms with Crippen LogP contribution in [0.15, 0.2) is 17.6 Å². The summed E-state index contributed by atoms with van der Waals surface area (Å²) < 4.78 is 49.0. The van der Waals surface area contributed by atoms with E-state index in [2.05, 4.69) is 14.7 Å². The van der Waals surface area contributed by atoms with Crippen LogP contribution in [0.4, 0.5) is 8.78 Å². The Balaban J connectivity index is 2.90. The molecule has 1 aromatic rings. The van der Waals surface area contributed by atoms with Gasteiger partial charge in [-0.15, -0.1) is 0 Å². The lowest BCUT2D eigenvalue weighted by Gasteiger charge is -2.02. The molecule has 1 heterocycles. The third kappa shape index (κ3) is 2.87. The monoisotopic (exact) mass is 224 g/mol. The van der Waals surface area contributed by atoms with Gasteiger partial charge in [0.15, 0.2) is 5.75 Å². The third-order valence-electron chi connectivity index (χ3n) is 1.16. The van der Waals surface area contributed by atoms with Crippen LogP contribution in [-0.4, -0.2) is 31.3 Å². The lowest BCUT2D eigenvalue weighted by Crippen LogP contribution is -2.06. The zero-order valence-electron chi connectivity index (χ0n) is 7.02. The highest BCUT2D eigenvalue weighted by molar-refractivity contribution is 7.90. The molecule has 0 atom stereocenters. The van der Waals surface area contributed by atoms with Crippen LogP contribution >= 0.6 is 0 Å². The van der Waals surface area contributed by atoms with Crippen molar-refractivity contribution in [3.8, 4) is 5.75 Å². The number of nitrogens with zero attached hydrogens (tertiary/aromatic N) is 2. The quantitative estimate of drug-likeness (QED) is 0.698. The second-order valence-corrected chi connectivity index (χ2v) is 4.26. The number of sulfone groups is 1. The van der Waals surface area contributed by atoms with Gasteiger partial charge in [-0.05, 0) is 0 Å². The molecule has 0 aromatic carbocycles. The topological polar surface area (TPSA) is 69.2 Å². The number of ether oxygens (including phenoxy) is 1. The van der Waals surface area contributed by atoms with Crippen LogP contribution in [0.1, 0.15) is 0 Å². The molecule has 8 heteroatoms. The van der Waals surface area contributed by atoms with Crippen molar-refractivity contribution in [2.75, 3.05) is 6.26 Å². The number of alkyl halides is 2. The van der Waals surface area contributed by atoms with Gasteiger partial charge in [-0.3, -0.25) is 0 Å². The Bertz CT molecular complexity index is 404. The van der Waals surface area contributed by atoms with Crippen molar-refractivity contribution in [1.82, 2.24) is 9.97 Å². The fourth-order valence-corrected chi connectivity index (χ4v) is 1.15. The molecule has 5 nitrogen and oxygen atoms in total. The fraction of sp³-hybridized carbons (Fsp3) is 0.333. The van der Waals surface area contributed by atoms with Crippen molar-refractivity contribution in [2.24, 2.45) is 0 Å². The lowest BCUT2D eigenvalue weighted by molar-refractivity contribution is -0.0504.